The van der Waals surface area contributed by atoms with Crippen LogP contribution >= 0.6 is 24.2 Å². The molecule has 4 nitrogen and oxygen atoms in total. The van der Waals surface area contributed by atoms with Crippen LogP contribution in [-0.2, 0) is 0 Å². The number of hydrogen-bond acceptors (Lipinski definition) is 5. The van der Waals surface area contributed by atoms with E-state index >= 15 is 0 Å². The van der Waals surface area contributed by atoms with Gasteiger partial charge in [-0.15, -0.1) is 0 Å². The smallest absolute Gasteiger partial charge is 0.136 e. The van der Waals surface area contributed by atoms with E-state index in [2.05, 4.69) is 17.6 Å². The van der Waals surface area contributed by atoms with Gasteiger partial charge in [-0.05, 0) is 18.2 Å². The van der Waals surface area contributed by atoms with Crippen molar-refractivity contribution < 1.29 is 10.2 Å². The lowest BCUT2D eigenvalue weighted by Crippen LogP contribution is -2.20. The van der Waals surface area contributed by atoms with E-state index in [1.54, 1.807) is 0 Å². The van der Waals surface area contributed by atoms with Gasteiger partial charge in [0.2, 0.25) is 0 Å². The molecule has 15 heavy (non-hydrogen) atoms. The number of halogens is 1. The van der Waals surface area contributed by atoms with E-state index < -0.39 is 12.2 Å². The first kappa shape index (κ1) is 12.6. The van der Waals surface area contributed by atoms with Gasteiger partial charge >= 0.3 is 0 Å². The second kappa shape index (κ2) is 5.55. The molecule has 0 bridgehead atoms. The Morgan fingerprint density at radius 1 is 1.53 bits per heavy atom. The number of rotatable bonds is 4. The highest BCUT2D eigenvalue weighted by atomic mass is 35.5. The molecule has 1 rings (SSSR count). The molecule has 0 radical (unpaired) electrons. The lowest BCUT2D eigenvalue weighted by Gasteiger charge is -2.19. The third kappa shape index (κ3) is 2.98. The molecule has 1 aromatic heterocycles. The fraction of sp³-hybridized carbons (Fsp3) is 0.444. The Hall–Kier alpha value is -0.490. The first-order valence-corrected chi connectivity index (χ1v) is 5.45. The van der Waals surface area contributed by atoms with Crippen LogP contribution in [0.4, 0.5) is 5.69 Å². The molecule has 4 N–H and O–H groups in total. The zero-order valence-corrected chi connectivity index (χ0v) is 9.62. The van der Waals surface area contributed by atoms with Crippen molar-refractivity contribution in [1.29, 1.82) is 0 Å². The number of aliphatic hydroxyl groups is 2. The number of thiol groups is 1. The summed E-state index contributed by atoms with van der Waals surface area (Å²) < 4.78 is 0. The van der Waals surface area contributed by atoms with Gasteiger partial charge in [-0.1, -0.05) is 11.6 Å². The number of nitrogens with two attached hydrogens (primary N) is 1. The summed E-state index contributed by atoms with van der Waals surface area (Å²) in [5.74, 6) is 0.468. The number of pyridine rings is 1. The Morgan fingerprint density at radius 3 is 2.73 bits per heavy atom. The Morgan fingerprint density at radius 2 is 2.20 bits per heavy atom. The largest absolute Gasteiger partial charge is 0.398 e. The minimum Gasteiger partial charge on any atom is -0.398 e. The molecule has 6 heteroatoms. The van der Waals surface area contributed by atoms with Crippen LogP contribution < -0.4 is 5.73 Å². The summed E-state index contributed by atoms with van der Waals surface area (Å²) in [5.41, 5.74) is 6.23. The Labute approximate surface area is 98.5 Å². The van der Waals surface area contributed by atoms with Crippen LogP contribution in [-0.4, -0.2) is 27.1 Å². The molecule has 0 aliphatic carbocycles. The van der Waals surface area contributed by atoms with Gasteiger partial charge in [-0.3, -0.25) is 0 Å². The third-order valence-electron chi connectivity index (χ3n) is 2.06. The van der Waals surface area contributed by atoms with Crippen molar-refractivity contribution in [3.63, 3.8) is 0 Å². The van der Waals surface area contributed by atoms with Gasteiger partial charge in [-0.2, -0.15) is 12.6 Å². The lowest BCUT2D eigenvalue weighted by molar-refractivity contribution is 0.0175. The number of nitrogens with zero attached hydrogens (tertiary/aromatic N) is 1. The van der Waals surface area contributed by atoms with Crippen LogP contribution in [0.5, 0.6) is 0 Å². The third-order valence-corrected chi connectivity index (χ3v) is 2.62. The molecule has 84 valence electrons. The number of nitrogen functional groups attached to an aromatic ring is 1. The molecule has 0 spiro atoms. The number of aromatic nitrogens is 1. The van der Waals surface area contributed by atoms with E-state index in [0.717, 1.165) is 0 Å². The summed E-state index contributed by atoms with van der Waals surface area (Å²) >= 11 is 9.76. The lowest BCUT2D eigenvalue weighted by atomic mass is 10.0. The van der Waals surface area contributed by atoms with E-state index in [1.807, 2.05) is 0 Å². The summed E-state index contributed by atoms with van der Waals surface area (Å²) in [7, 11) is 0. The Bertz CT molecular complexity index is 318. The van der Waals surface area contributed by atoms with Crippen molar-refractivity contribution in [2.75, 3.05) is 11.5 Å². The molecular weight excluding hydrogens is 236 g/mol. The van der Waals surface area contributed by atoms with Crippen LogP contribution in [0.2, 0.25) is 5.15 Å². The summed E-state index contributed by atoms with van der Waals surface area (Å²) in [4.78, 5) is 3.80. The number of anilines is 1. The molecule has 0 aromatic carbocycles. The average molecular weight is 249 g/mol. The van der Waals surface area contributed by atoms with Crippen LogP contribution in [0, 0.1) is 0 Å². The molecule has 2 unspecified atom stereocenters. The fourth-order valence-corrected chi connectivity index (χ4v) is 1.78. The molecule has 2 atom stereocenters. The molecule has 1 heterocycles. The van der Waals surface area contributed by atoms with Crippen molar-refractivity contribution in [3.05, 3.63) is 23.0 Å². The number of hydrogen-bond donors (Lipinski definition) is 4. The topological polar surface area (TPSA) is 79.4 Å². The van der Waals surface area contributed by atoms with Gasteiger partial charge in [0.15, 0.2) is 0 Å². The highest BCUT2D eigenvalue weighted by molar-refractivity contribution is 7.80. The summed E-state index contributed by atoms with van der Waals surface area (Å²) in [6.45, 7) is 0. The minimum absolute atomic E-state index is 0.112. The molecule has 0 aliphatic heterocycles. The van der Waals surface area contributed by atoms with E-state index in [1.165, 1.54) is 12.3 Å². The van der Waals surface area contributed by atoms with Crippen molar-refractivity contribution in [1.82, 2.24) is 4.98 Å². The van der Waals surface area contributed by atoms with E-state index in [-0.39, 0.29) is 10.7 Å². The maximum atomic E-state index is 9.79. The van der Waals surface area contributed by atoms with Gasteiger partial charge in [0, 0.05) is 17.4 Å². The number of aliphatic hydroxyl groups excluding tert-OH is 2. The zero-order chi connectivity index (χ0) is 11.4. The minimum atomic E-state index is -1.13. The molecule has 0 saturated heterocycles. The van der Waals surface area contributed by atoms with Gasteiger partial charge in [-0.25, -0.2) is 4.98 Å². The maximum Gasteiger partial charge on any atom is 0.136 e. The van der Waals surface area contributed by atoms with Gasteiger partial charge in [0.1, 0.15) is 11.3 Å². The van der Waals surface area contributed by atoms with Crippen molar-refractivity contribution in [3.8, 4) is 0 Å². The van der Waals surface area contributed by atoms with Gasteiger partial charge < -0.3 is 15.9 Å². The molecule has 1 aromatic rings. The quantitative estimate of drug-likeness (QED) is 0.474. The van der Waals surface area contributed by atoms with Crippen LogP contribution in [0.25, 0.3) is 0 Å². The Kier molecular flexibility index (Phi) is 4.66. The van der Waals surface area contributed by atoms with Gasteiger partial charge in [0.05, 0.1) is 6.10 Å². The zero-order valence-electron chi connectivity index (χ0n) is 7.97. The van der Waals surface area contributed by atoms with Crippen molar-refractivity contribution in [2.45, 2.75) is 18.6 Å². The fourth-order valence-electron chi connectivity index (χ4n) is 1.24. The second-order valence-corrected chi connectivity index (χ2v) is 3.93. The molecule has 0 amide bonds. The molecule has 0 fully saturated rings. The SMILES string of the molecule is Nc1ccnc(Cl)c1C(O)C(O)CCS. The second-order valence-electron chi connectivity index (χ2n) is 3.13. The van der Waals surface area contributed by atoms with E-state index in [0.29, 0.717) is 17.9 Å². The van der Waals surface area contributed by atoms with Crippen LogP contribution in [0.1, 0.15) is 18.1 Å². The van der Waals surface area contributed by atoms with Gasteiger partial charge in [0.25, 0.3) is 0 Å². The summed E-state index contributed by atoms with van der Waals surface area (Å²) in [6, 6.07) is 1.53. The summed E-state index contributed by atoms with van der Waals surface area (Å²) in [5, 5.41) is 19.5. The monoisotopic (exact) mass is 248 g/mol. The standard InChI is InChI=1S/C9H13ClN2O2S/c10-9-7(5(11)1-3-12-9)8(14)6(13)2-4-15/h1,3,6,8,13-15H,2,4H2,(H2,11,12). The maximum absolute atomic E-state index is 9.79. The Balaban J connectivity index is 2.94. The first-order valence-electron chi connectivity index (χ1n) is 4.44. The molecule has 0 aliphatic rings. The first-order chi connectivity index (χ1) is 7.07. The average Bonchev–Trinajstić information content (AvgIpc) is 2.17. The predicted molar refractivity (Wildman–Crippen MR) is 63.1 cm³/mol. The molecule has 0 saturated carbocycles. The van der Waals surface area contributed by atoms with E-state index in [9.17, 15) is 10.2 Å². The van der Waals surface area contributed by atoms with Crippen LogP contribution in [0.3, 0.4) is 0 Å². The molecular formula is C9H13ClN2O2S. The summed E-state index contributed by atoms with van der Waals surface area (Å²) in [6.07, 6.45) is -0.266. The van der Waals surface area contributed by atoms with Crippen LogP contribution in [0.15, 0.2) is 12.3 Å². The predicted octanol–water partition coefficient (Wildman–Crippen LogP) is 1.03. The van der Waals surface area contributed by atoms with Crippen molar-refractivity contribution in [2.24, 2.45) is 0 Å². The van der Waals surface area contributed by atoms with Crippen molar-refractivity contribution >= 4 is 29.9 Å². The normalized spacial score (nSPS) is 14.9. The highest BCUT2D eigenvalue weighted by Gasteiger charge is 2.22. The highest BCUT2D eigenvalue weighted by Crippen LogP contribution is 2.29. The van der Waals surface area contributed by atoms with E-state index in [4.69, 9.17) is 17.3 Å².